The Morgan fingerprint density at radius 3 is 2.65 bits per heavy atom. The summed E-state index contributed by atoms with van der Waals surface area (Å²) in [5, 5.41) is 0. The molecule has 2 atom stereocenters. The first kappa shape index (κ1) is 16.4. The summed E-state index contributed by atoms with van der Waals surface area (Å²) in [5.41, 5.74) is 0. The summed E-state index contributed by atoms with van der Waals surface area (Å²) >= 11 is 0. The number of aromatic nitrogens is 2. The van der Waals surface area contributed by atoms with E-state index in [4.69, 9.17) is 0 Å². The van der Waals surface area contributed by atoms with Crippen molar-refractivity contribution >= 4 is 15.9 Å². The normalized spacial score (nSPS) is 26.6. The first-order valence-corrected chi connectivity index (χ1v) is 9.98. The maximum absolute atomic E-state index is 12.9. The average Bonchev–Trinajstić information content (AvgIpc) is 3.14. The summed E-state index contributed by atoms with van der Waals surface area (Å²) in [7, 11) is -3.33. The molecule has 0 aromatic carbocycles. The summed E-state index contributed by atoms with van der Waals surface area (Å²) < 4.78 is 27.2. The summed E-state index contributed by atoms with van der Waals surface area (Å²) in [6.45, 7) is 3.75. The molecule has 23 heavy (non-hydrogen) atoms. The second-order valence-electron chi connectivity index (χ2n) is 6.49. The molecule has 1 aromatic heterocycles. The van der Waals surface area contributed by atoms with E-state index in [0.717, 1.165) is 25.1 Å². The fourth-order valence-corrected chi connectivity index (χ4v) is 4.87. The highest BCUT2D eigenvalue weighted by molar-refractivity contribution is 7.88. The van der Waals surface area contributed by atoms with Crippen LogP contribution in [0.1, 0.15) is 37.5 Å². The van der Waals surface area contributed by atoms with Crippen LogP contribution in [0.25, 0.3) is 0 Å². The number of sulfonamides is 1. The zero-order valence-electron chi connectivity index (χ0n) is 13.7. The Labute approximate surface area is 137 Å². The van der Waals surface area contributed by atoms with Crippen LogP contribution in [-0.2, 0) is 14.8 Å². The molecule has 0 radical (unpaired) electrons. The highest BCUT2D eigenvalue weighted by Crippen LogP contribution is 2.27. The molecular formula is C15H24N4O3S. The SMILES string of the molecule is Cc1nccn1[C@H]1CCCN(C(=O)[C@@H]2CCCN2S(C)(=O)=O)C1. The molecule has 0 N–H and O–H groups in total. The van der Waals surface area contributed by atoms with Gasteiger partial charge < -0.3 is 9.47 Å². The van der Waals surface area contributed by atoms with Gasteiger partial charge >= 0.3 is 0 Å². The molecule has 1 aromatic rings. The van der Waals surface area contributed by atoms with Crippen LogP contribution in [0.4, 0.5) is 0 Å². The van der Waals surface area contributed by atoms with Crippen molar-refractivity contribution in [2.45, 2.75) is 44.7 Å². The average molecular weight is 340 g/mol. The lowest BCUT2D eigenvalue weighted by atomic mass is 10.0. The monoisotopic (exact) mass is 340 g/mol. The maximum atomic E-state index is 12.9. The van der Waals surface area contributed by atoms with Crippen LogP contribution in [0.2, 0.25) is 0 Å². The van der Waals surface area contributed by atoms with Gasteiger partial charge in [0.15, 0.2) is 0 Å². The van der Waals surface area contributed by atoms with Crippen LogP contribution in [0.5, 0.6) is 0 Å². The second-order valence-corrected chi connectivity index (χ2v) is 8.43. The number of amides is 1. The van der Waals surface area contributed by atoms with Crippen LogP contribution in [0, 0.1) is 6.92 Å². The van der Waals surface area contributed by atoms with Crippen molar-refractivity contribution in [2.75, 3.05) is 25.9 Å². The third kappa shape index (κ3) is 3.28. The first-order valence-electron chi connectivity index (χ1n) is 8.13. The number of hydrogen-bond donors (Lipinski definition) is 0. The number of rotatable bonds is 3. The number of nitrogens with zero attached hydrogens (tertiary/aromatic N) is 4. The van der Waals surface area contributed by atoms with E-state index < -0.39 is 16.1 Å². The van der Waals surface area contributed by atoms with Gasteiger partial charge in [0.1, 0.15) is 11.9 Å². The van der Waals surface area contributed by atoms with E-state index >= 15 is 0 Å². The Kier molecular flexibility index (Phi) is 4.46. The smallest absolute Gasteiger partial charge is 0.241 e. The predicted octanol–water partition coefficient (Wildman–Crippen LogP) is 0.779. The van der Waals surface area contributed by atoms with Crippen molar-refractivity contribution < 1.29 is 13.2 Å². The Bertz CT molecular complexity index is 685. The largest absolute Gasteiger partial charge is 0.339 e. The molecule has 0 spiro atoms. The molecule has 0 saturated carbocycles. The Hall–Kier alpha value is -1.41. The minimum Gasteiger partial charge on any atom is -0.339 e. The molecule has 8 heteroatoms. The molecule has 2 aliphatic rings. The molecule has 0 bridgehead atoms. The summed E-state index contributed by atoms with van der Waals surface area (Å²) in [4.78, 5) is 18.9. The predicted molar refractivity (Wildman–Crippen MR) is 86.4 cm³/mol. The van der Waals surface area contributed by atoms with Gasteiger partial charge in [-0.2, -0.15) is 4.31 Å². The number of carbonyl (C=O) groups excluding carboxylic acids is 1. The van der Waals surface area contributed by atoms with E-state index in [0.29, 0.717) is 26.1 Å². The molecule has 1 amide bonds. The van der Waals surface area contributed by atoms with Gasteiger partial charge in [0.05, 0.1) is 12.3 Å². The van der Waals surface area contributed by atoms with E-state index in [1.165, 1.54) is 10.6 Å². The number of hydrogen-bond acceptors (Lipinski definition) is 4. The maximum Gasteiger partial charge on any atom is 0.241 e. The lowest BCUT2D eigenvalue weighted by Crippen LogP contribution is -2.50. The van der Waals surface area contributed by atoms with Crippen molar-refractivity contribution in [1.82, 2.24) is 18.8 Å². The van der Waals surface area contributed by atoms with Gasteiger partial charge in [0, 0.05) is 32.0 Å². The number of imidazole rings is 1. The van der Waals surface area contributed by atoms with E-state index in [2.05, 4.69) is 9.55 Å². The van der Waals surface area contributed by atoms with E-state index in [1.54, 1.807) is 6.20 Å². The lowest BCUT2D eigenvalue weighted by molar-refractivity contribution is -0.136. The number of likely N-dealkylation sites (tertiary alicyclic amines) is 1. The number of carbonyl (C=O) groups is 1. The van der Waals surface area contributed by atoms with Crippen molar-refractivity contribution in [3.63, 3.8) is 0 Å². The quantitative estimate of drug-likeness (QED) is 0.815. The molecule has 3 rings (SSSR count). The fraction of sp³-hybridized carbons (Fsp3) is 0.733. The zero-order valence-corrected chi connectivity index (χ0v) is 14.5. The minimum atomic E-state index is -3.33. The molecular weight excluding hydrogens is 316 g/mol. The number of aryl methyl sites for hydroxylation is 1. The van der Waals surface area contributed by atoms with Crippen molar-refractivity contribution in [1.29, 1.82) is 0 Å². The number of piperidine rings is 1. The van der Waals surface area contributed by atoms with E-state index in [9.17, 15) is 13.2 Å². The molecule has 2 saturated heterocycles. The minimum absolute atomic E-state index is 0.0459. The van der Waals surface area contributed by atoms with Crippen LogP contribution in [-0.4, -0.2) is 65.0 Å². The summed E-state index contributed by atoms with van der Waals surface area (Å²) in [5.74, 6) is 0.901. The second kappa shape index (κ2) is 6.24. The van der Waals surface area contributed by atoms with Gasteiger partial charge in [0.25, 0.3) is 0 Å². The lowest BCUT2D eigenvalue weighted by Gasteiger charge is -2.36. The Morgan fingerprint density at radius 2 is 2.00 bits per heavy atom. The zero-order chi connectivity index (χ0) is 16.6. The van der Waals surface area contributed by atoms with Crippen LogP contribution < -0.4 is 0 Å². The molecule has 3 heterocycles. The van der Waals surface area contributed by atoms with Gasteiger partial charge in [0.2, 0.25) is 15.9 Å². The van der Waals surface area contributed by atoms with Crippen LogP contribution in [0.3, 0.4) is 0 Å². The van der Waals surface area contributed by atoms with Crippen molar-refractivity contribution in [3.8, 4) is 0 Å². The van der Waals surface area contributed by atoms with Crippen LogP contribution in [0.15, 0.2) is 12.4 Å². The standard InChI is InChI=1S/C15H24N4O3S/c1-12-16-7-10-18(12)13-5-3-8-17(11-13)15(20)14-6-4-9-19(14)23(2,21)22/h7,10,13-14H,3-6,8-9,11H2,1-2H3/t13-,14-/m0/s1. The van der Waals surface area contributed by atoms with Gasteiger partial charge in [-0.25, -0.2) is 13.4 Å². The van der Waals surface area contributed by atoms with Crippen molar-refractivity contribution in [3.05, 3.63) is 18.2 Å². The Morgan fingerprint density at radius 1 is 1.26 bits per heavy atom. The highest BCUT2D eigenvalue weighted by atomic mass is 32.2. The van der Waals surface area contributed by atoms with Gasteiger partial charge in [-0.3, -0.25) is 4.79 Å². The third-order valence-electron chi connectivity index (χ3n) is 4.88. The summed E-state index contributed by atoms with van der Waals surface area (Å²) in [6, 6.07) is -0.295. The first-order chi connectivity index (χ1) is 10.9. The molecule has 7 nitrogen and oxygen atoms in total. The molecule has 0 unspecified atom stereocenters. The van der Waals surface area contributed by atoms with Gasteiger partial charge in [-0.05, 0) is 32.6 Å². The van der Waals surface area contributed by atoms with Gasteiger partial charge in [-0.15, -0.1) is 0 Å². The topological polar surface area (TPSA) is 75.5 Å². The van der Waals surface area contributed by atoms with Crippen molar-refractivity contribution in [2.24, 2.45) is 0 Å². The highest BCUT2D eigenvalue weighted by Gasteiger charge is 2.39. The third-order valence-corrected chi connectivity index (χ3v) is 6.17. The van der Waals surface area contributed by atoms with Crippen LogP contribution >= 0.6 is 0 Å². The fourth-order valence-electron chi connectivity index (χ4n) is 3.75. The Balaban J connectivity index is 1.74. The summed E-state index contributed by atoms with van der Waals surface area (Å²) in [6.07, 6.45) is 8.23. The molecule has 2 aliphatic heterocycles. The molecule has 0 aliphatic carbocycles. The van der Waals surface area contributed by atoms with E-state index in [-0.39, 0.29) is 11.9 Å². The molecule has 128 valence electrons. The van der Waals surface area contributed by atoms with E-state index in [1.807, 2.05) is 18.0 Å². The molecule has 2 fully saturated rings. The van der Waals surface area contributed by atoms with Gasteiger partial charge in [-0.1, -0.05) is 0 Å².